The van der Waals surface area contributed by atoms with Crippen molar-refractivity contribution in [2.75, 3.05) is 0 Å². The third-order valence-corrected chi connectivity index (χ3v) is 13.2. The van der Waals surface area contributed by atoms with Crippen molar-refractivity contribution in [3.8, 4) is 0 Å². The molecule has 0 amide bonds. The van der Waals surface area contributed by atoms with Crippen molar-refractivity contribution < 1.29 is 14.7 Å². The van der Waals surface area contributed by atoms with E-state index in [1.54, 1.807) is 0 Å². The zero-order valence-corrected chi connectivity index (χ0v) is 21.9. The largest absolute Gasteiger partial charge is 0.481 e. The van der Waals surface area contributed by atoms with Gasteiger partial charge in [0.2, 0.25) is 0 Å². The number of ketones is 1. The summed E-state index contributed by atoms with van der Waals surface area (Å²) in [6.07, 6.45) is 10.1. The zero-order valence-electron chi connectivity index (χ0n) is 21.9. The molecule has 5 aliphatic carbocycles. The first-order valence-corrected chi connectivity index (χ1v) is 13.7. The Hall–Kier alpha value is -1.12. The lowest BCUT2D eigenvalue weighted by atomic mass is 9.32. The van der Waals surface area contributed by atoms with Gasteiger partial charge in [-0.25, -0.2) is 0 Å². The number of carboxylic acid groups (broad SMARTS) is 1. The molecule has 5 saturated carbocycles. The number of aliphatic carboxylic acids is 1. The first kappa shape index (κ1) is 23.6. The Balaban J connectivity index is 1.57. The van der Waals surface area contributed by atoms with Gasteiger partial charge in [-0.1, -0.05) is 46.8 Å². The minimum Gasteiger partial charge on any atom is -0.481 e. The Morgan fingerprint density at radius 3 is 2.21 bits per heavy atom. The molecule has 0 aromatic rings. The molecule has 0 aliphatic heterocycles. The zero-order chi connectivity index (χ0) is 24.2. The molecule has 3 nitrogen and oxygen atoms in total. The van der Waals surface area contributed by atoms with E-state index in [0.29, 0.717) is 29.5 Å². The second-order valence-corrected chi connectivity index (χ2v) is 14.3. The van der Waals surface area contributed by atoms with E-state index in [1.807, 2.05) is 0 Å². The Kier molecular flexibility index (Phi) is 4.99. The van der Waals surface area contributed by atoms with Crippen LogP contribution in [0.25, 0.3) is 0 Å². The van der Waals surface area contributed by atoms with Gasteiger partial charge in [-0.3, -0.25) is 9.59 Å². The van der Waals surface area contributed by atoms with Gasteiger partial charge in [-0.2, -0.15) is 0 Å². The molecule has 5 fully saturated rings. The quantitative estimate of drug-likeness (QED) is 0.445. The maximum Gasteiger partial charge on any atom is 0.309 e. The number of rotatable bonds is 2. The molecule has 5 aliphatic rings. The van der Waals surface area contributed by atoms with Crippen molar-refractivity contribution in [3.63, 3.8) is 0 Å². The van der Waals surface area contributed by atoms with Crippen LogP contribution in [0.15, 0.2) is 12.2 Å². The fraction of sp³-hybridized carbons (Fsp3) is 0.867. The molecule has 184 valence electrons. The lowest BCUT2D eigenvalue weighted by Gasteiger charge is -2.72. The molecule has 0 spiro atoms. The van der Waals surface area contributed by atoms with E-state index >= 15 is 0 Å². The molecule has 3 heteroatoms. The molecule has 9 atom stereocenters. The summed E-state index contributed by atoms with van der Waals surface area (Å²) < 4.78 is 0. The summed E-state index contributed by atoms with van der Waals surface area (Å²) in [6.45, 7) is 18.5. The minimum atomic E-state index is -0.547. The van der Waals surface area contributed by atoms with Gasteiger partial charge in [-0.05, 0) is 111 Å². The van der Waals surface area contributed by atoms with E-state index in [1.165, 1.54) is 18.4 Å². The second-order valence-electron chi connectivity index (χ2n) is 14.3. The molecular weight excluding hydrogens is 408 g/mol. The molecule has 0 saturated heterocycles. The summed E-state index contributed by atoms with van der Waals surface area (Å²) >= 11 is 0. The number of allylic oxidation sites excluding steroid dienone is 1. The third-order valence-electron chi connectivity index (χ3n) is 13.2. The van der Waals surface area contributed by atoms with Crippen molar-refractivity contribution >= 4 is 11.8 Å². The maximum atomic E-state index is 12.9. The van der Waals surface area contributed by atoms with Crippen molar-refractivity contribution in [1.29, 1.82) is 0 Å². The number of carbonyl (C=O) groups is 2. The van der Waals surface area contributed by atoms with Crippen LogP contribution in [0.2, 0.25) is 0 Å². The van der Waals surface area contributed by atoms with Crippen molar-refractivity contribution in [1.82, 2.24) is 0 Å². The van der Waals surface area contributed by atoms with Gasteiger partial charge in [0.1, 0.15) is 5.78 Å². The summed E-state index contributed by atoms with van der Waals surface area (Å²) in [5.41, 5.74) is 1.03. The summed E-state index contributed by atoms with van der Waals surface area (Å²) in [5, 5.41) is 10.5. The number of carbonyl (C=O) groups excluding carboxylic acids is 1. The van der Waals surface area contributed by atoms with Gasteiger partial charge < -0.3 is 5.11 Å². The summed E-state index contributed by atoms with van der Waals surface area (Å²) in [5.74, 6) is 2.07. The SMILES string of the molecule is C=C(C)[C@H]1CC[C@]2(C(=O)O)CC[C@]3(C)[C@H](CC[C@@H]4[C@@]5(C)CCC(=O)C(C)(C)[C@@H]5CC[C@]43C)[C@@H]12. The fourth-order valence-corrected chi connectivity index (χ4v) is 11.3. The van der Waals surface area contributed by atoms with E-state index in [4.69, 9.17) is 0 Å². The van der Waals surface area contributed by atoms with Gasteiger partial charge in [0, 0.05) is 11.8 Å². The smallest absolute Gasteiger partial charge is 0.309 e. The lowest BCUT2D eigenvalue weighted by molar-refractivity contribution is -0.235. The van der Waals surface area contributed by atoms with Crippen LogP contribution >= 0.6 is 0 Å². The molecule has 0 unspecified atom stereocenters. The lowest BCUT2D eigenvalue weighted by Crippen LogP contribution is -2.66. The van der Waals surface area contributed by atoms with Crippen LogP contribution in [0.1, 0.15) is 106 Å². The topological polar surface area (TPSA) is 54.4 Å². The van der Waals surface area contributed by atoms with Gasteiger partial charge in [0.05, 0.1) is 5.41 Å². The molecule has 0 aromatic heterocycles. The number of hydrogen-bond donors (Lipinski definition) is 1. The van der Waals surface area contributed by atoms with Gasteiger partial charge in [-0.15, -0.1) is 0 Å². The van der Waals surface area contributed by atoms with Crippen LogP contribution in [0.4, 0.5) is 0 Å². The normalized spacial score (nSPS) is 52.8. The van der Waals surface area contributed by atoms with Gasteiger partial charge in [0.25, 0.3) is 0 Å². The third kappa shape index (κ3) is 2.69. The Morgan fingerprint density at radius 2 is 1.58 bits per heavy atom. The highest BCUT2D eigenvalue weighted by Crippen LogP contribution is 2.77. The Morgan fingerprint density at radius 1 is 0.879 bits per heavy atom. The summed E-state index contributed by atoms with van der Waals surface area (Å²) in [6, 6.07) is 0. The van der Waals surface area contributed by atoms with Crippen molar-refractivity contribution in [3.05, 3.63) is 12.2 Å². The average Bonchev–Trinajstić information content (AvgIpc) is 3.13. The van der Waals surface area contributed by atoms with Crippen LogP contribution in [-0.2, 0) is 9.59 Å². The molecule has 0 radical (unpaired) electrons. The highest BCUT2D eigenvalue weighted by Gasteiger charge is 2.72. The molecule has 1 N–H and O–H groups in total. The molecule has 33 heavy (non-hydrogen) atoms. The molecule has 5 rings (SSSR count). The first-order chi connectivity index (χ1) is 15.3. The van der Waals surface area contributed by atoms with Crippen molar-refractivity contribution in [2.24, 2.45) is 56.7 Å². The van der Waals surface area contributed by atoms with E-state index in [-0.39, 0.29) is 27.6 Å². The van der Waals surface area contributed by atoms with E-state index < -0.39 is 11.4 Å². The highest BCUT2D eigenvalue weighted by molar-refractivity contribution is 5.85. The Bertz CT molecular complexity index is 902. The summed E-state index contributed by atoms with van der Waals surface area (Å²) in [7, 11) is 0. The Labute approximate surface area is 201 Å². The minimum absolute atomic E-state index is 0.164. The van der Waals surface area contributed by atoms with E-state index in [0.717, 1.165) is 51.4 Å². The van der Waals surface area contributed by atoms with Crippen LogP contribution in [0.5, 0.6) is 0 Å². The second kappa shape index (κ2) is 6.97. The van der Waals surface area contributed by atoms with E-state index in [2.05, 4.69) is 48.1 Å². The molecule has 0 heterocycles. The predicted octanol–water partition coefficient (Wildman–Crippen LogP) is 7.30. The number of Topliss-reactive ketones (excluding diaryl/α,β-unsaturated/α-hetero) is 1. The van der Waals surface area contributed by atoms with Crippen LogP contribution in [0.3, 0.4) is 0 Å². The van der Waals surface area contributed by atoms with Gasteiger partial charge in [0.15, 0.2) is 0 Å². The fourth-order valence-electron chi connectivity index (χ4n) is 11.3. The number of fused-ring (bicyclic) bond motifs is 7. The first-order valence-electron chi connectivity index (χ1n) is 13.7. The van der Waals surface area contributed by atoms with Gasteiger partial charge >= 0.3 is 5.97 Å². The molecule has 0 bridgehead atoms. The molecule has 0 aromatic carbocycles. The van der Waals surface area contributed by atoms with Crippen LogP contribution in [0, 0.1) is 56.7 Å². The van der Waals surface area contributed by atoms with Crippen LogP contribution < -0.4 is 0 Å². The summed E-state index contributed by atoms with van der Waals surface area (Å²) in [4.78, 5) is 25.7. The average molecular weight is 455 g/mol. The predicted molar refractivity (Wildman–Crippen MR) is 132 cm³/mol. The maximum absolute atomic E-state index is 12.9. The highest BCUT2D eigenvalue weighted by atomic mass is 16.4. The monoisotopic (exact) mass is 454 g/mol. The molecular formula is C30H46O3. The van der Waals surface area contributed by atoms with Crippen molar-refractivity contribution in [2.45, 2.75) is 106 Å². The number of hydrogen-bond acceptors (Lipinski definition) is 2. The van der Waals surface area contributed by atoms with E-state index in [9.17, 15) is 14.7 Å². The van der Waals surface area contributed by atoms with Crippen LogP contribution in [-0.4, -0.2) is 16.9 Å². The number of carboxylic acids is 1. The standard InChI is InChI=1S/C30H46O3/c1-18(2)19-10-15-30(25(32)33)17-16-28(6)20(24(19)30)8-9-22-27(5)13-12-23(31)26(3,4)21(27)11-14-29(22,28)7/h19-22,24H,1,8-17H2,2-7H3,(H,32,33)/t19-,20-,21+,22-,24-,27+,28-,29-,30+/m1/s1.